The number of amides is 1. The average Bonchev–Trinajstić information content (AvgIpc) is 3.22. The zero-order valence-electron chi connectivity index (χ0n) is 19.8. The lowest BCUT2D eigenvalue weighted by molar-refractivity contribution is -0.118. The lowest BCUT2D eigenvalue weighted by Crippen LogP contribution is -2.39. The minimum atomic E-state index is -3.37. The van der Waals surface area contributed by atoms with E-state index in [1.807, 2.05) is 0 Å². The molecule has 0 spiro atoms. The van der Waals surface area contributed by atoms with Gasteiger partial charge in [0.15, 0.2) is 15.0 Å². The number of hydrogen-bond acceptors (Lipinski definition) is 6. The van der Waals surface area contributed by atoms with Crippen molar-refractivity contribution in [1.29, 1.82) is 0 Å². The van der Waals surface area contributed by atoms with E-state index in [2.05, 4.69) is 23.7 Å². The molecule has 186 valence electrons. The summed E-state index contributed by atoms with van der Waals surface area (Å²) in [5, 5.41) is -0.0498. The highest BCUT2D eigenvalue weighted by molar-refractivity contribution is 7.92. The normalized spacial score (nSPS) is 11.7. The molecule has 0 fully saturated rings. The van der Waals surface area contributed by atoms with Gasteiger partial charge in [0.2, 0.25) is 5.91 Å². The van der Waals surface area contributed by atoms with E-state index in [9.17, 15) is 17.6 Å². The summed E-state index contributed by atoms with van der Waals surface area (Å²) in [5.41, 5.74) is 0.976. The molecule has 0 radical (unpaired) electrons. The van der Waals surface area contributed by atoms with Crippen molar-refractivity contribution < 1.29 is 17.6 Å². The monoisotopic (exact) mass is 527 g/mol. The second kappa shape index (κ2) is 12.1. The van der Waals surface area contributed by atoms with Crippen LogP contribution in [0.3, 0.4) is 0 Å². The Morgan fingerprint density at radius 1 is 1.06 bits per heavy atom. The van der Waals surface area contributed by atoms with Crippen LogP contribution < -0.4 is 4.90 Å². The fraction of sp³-hybridized carbons (Fsp3) is 0.417. The second-order valence-electron chi connectivity index (χ2n) is 8.07. The number of halogens is 2. The standard InChI is InChI=1S/C24H30FN3O3S2.ClH/c1-5-27(6-2)14-15-28(24-26-23-20(25)8-7-9-21(23)32-24)22(29)16-18-10-12-19(13-11-18)33(30,31)17(3)4;/h7-13,17H,5-6,14-16H2,1-4H3;1H. The number of aromatic nitrogens is 1. The van der Waals surface area contributed by atoms with Gasteiger partial charge in [0.05, 0.1) is 21.3 Å². The number of carbonyl (C=O) groups is 1. The molecule has 3 rings (SSSR count). The number of benzene rings is 2. The van der Waals surface area contributed by atoms with E-state index in [0.717, 1.165) is 13.1 Å². The van der Waals surface area contributed by atoms with Crippen molar-refractivity contribution in [3.63, 3.8) is 0 Å². The smallest absolute Gasteiger partial charge is 0.233 e. The molecular formula is C24H31ClFN3O3S2. The second-order valence-corrected chi connectivity index (χ2v) is 11.6. The third-order valence-electron chi connectivity index (χ3n) is 5.65. The van der Waals surface area contributed by atoms with E-state index in [4.69, 9.17) is 0 Å². The predicted molar refractivity (Wildman–Crippen MR) is 139 cm³/mol. The van der Waals surface area contributed by atoms with Gasteiger partial charge in [-0.1, -0.05) is 43.4 Å². The first-order valence-corrected chi connectivity index (χ1v) is 13.4. The summed E-state index contributed by atoms with van der Waals surface area (Å²) in [6, 6.07) is 11.2. The van der Waals surface area contributed by atoms with E-state index in [1.165, 1.54) is 17.4 Å². The lowest BCUT2D eigenvalue weighted by atomic mass is 10.1. The average molecular weight is 528 g/mol. The van der Waals surface area contributed by atoms with Crippen LogP contribution in [0.4, 0.5) is 9.52 Å². The maximum absolute atomic E-state index is 14.2. The van der Waals surface area contributed by atoms with Gasteiger partial charge in [0.25, 0.3) is 0 Å². The number of carbonyl (C=O) groups excluding carboxylic acids is 1. The van der Waals surface area contributed by atoms with Crippen LogP contribution in [0.2, 0.25) is 0 Å². The highest BCUT2D eigenvalue weighted by atomic mass is 35.5. The maximum atomic E-state index is 14.2. The van der Waals surface area contributed by atoms with Crippen molar-refractivity contribution in [1.82, 2.24) is 9.88 Å². The molecule has 0 unspecified atom stereocenters. The Bertz CT molecular complexity index is 1210. The van der Waals surface area contributed by atoms with Gasteiger partial charge in [0.1, 0.15) is 11.3 Å². The van der Waals surface area contributed by atoms with Gasteiger partial charge in [0, 0.05) is 13.1 Å². The summed E-state index contributed by atoms with van der Waals surface area (Å²) in [7, 11) is -3.37. The van der Waals surface area contributed by atoms with Gasteiger partial charge in [-0.05, 0) is 56.8 Å². The zero-order chi connectivity index (χ0) is 24.2. The third-order valence-corrected chi connectivity index (χ3v) is 8.87. The molecule has 0 aliphatic heterocycles. The van der Waals surface area contributed by atoms with E-state index < -0.39 is 20.9 Å². The van der Waals surface area contributed by atoms with Crippen LogP contribution >= 0.6 is 23.7 Å². The number of thiazole rings is 1. The molecule has 6 nitrogen and oxygen atoms in total. The molecule has 2 aromatic carbocycles. The van der Waals surface area contributed by atoms with Gasteiger partial charge in [-0.3, -0.25) is 9.69 Å². The molecule has 0 atom stereocenters. The molecule has 1 aromatic heterocycles. The number of rotatable bonds is 10. The highest BCUT2D eigenvalue weighted by Gasteiger charge is 2.23. The van der Waals surface area contributed by atoms with Gasteiger partial charge in [-0.2, -0.15) is 0 Å². The Balaban J connectivity index is 0.00000408. The highest BCUT2D eigenvalue weighted by Crippen LogP contribution is 2.30. The number of nitrogens with zero attached hydrogens (tertiary/aromatic N) is 3. The summed E-state index contributed by atoms with van der Waals surface area (Å²) in [6.45, 7) is 10.2. The molecule has 0 bridgehead atoms. The Hall–Kier alpha value is -2.07. The van der Waals surface area contributed by atoms with Gasteiger partial charge in [-0.15, -0.1) is 12.4 Å². The molecule has 34 heavy (non-hydrogen) atoms. The van der Waals surface area contributed by atoms with Crippen LogP contribution in [0.25, 0.3) is 10.2 Å². The number of para-hydroxylation sites is 1. The lowest BCUT2D eigenvalue weighted by Gasteiger charge is -2.24. The van der Waals surface area contributed by atoms with Crippen molar-refractivity contribution >= 4 is 54.8 Å². The van der Waals surface area contributed by atoms with E-state index >= 15 is 0 Å². The van der Waals surface area contributed by atoms with Crippen LogP contribution in [0.5, 0.6) is 0 Å². The van der Waals surface area contributed by atoms with Gasteiger partial charge >= 0.3 is 0 Å². The fourth-order valence-electron chi connectivity index (χ4n) is 3.47. The quantitative estimate of drug-likeness (QED) is 0.373. The van der Waals surface area contributed by atoms with Crippen molar-refractivity contribution in [2.75, 3.05) is 31.1 Å². The molecular weight excluding hydrogens is 497 g/mol. The van der Waals surface area contributed by atoms with Gasteiger partial charge < -0.3 is 4.90 Å². The van der Waals surface area contributed by atoms with Crippen LogP contribution in [-0.2, 0) is 21.1 Å². The summed E-state index contributed by atoms with van der Waals surface area (Å²) in [5.74, 6) is -0.575. The fourth-order valence-corrected chi connectivity index (χ4v) is 5.55. The molecule has 10 heteroatoms. The summed E-state index contributed by atoms with van der Waals surface area (Å²) in [6.07, 6.45) is 0.0959. The first-order valence-electron chi connectivity index (χ1n) is 11.1. The topological polar surface area (TPSA) is 70.6 Å². The number of anilines is 1. The van der Waals surface area contributed by atoms with E-state index in [1.54, 1.807) is 55.1 Å². The first-order chi connectivity index (χ1) is 15.7. The Kier molecular flexibility index (Phi) is 9.99. The molecule has 0 aliphatic carbocycles. The summed E-state index contributed by atoms with van der Waals surface area (Å²) in [4.78, 5) is 21.8. The van der Waals surface area contributed by atoms with E-state index in [-0.39, 0.29) is 35.1 Å². The number of sulfone groups is 1. The van der Waals surface area contributed by atoms with Crippen molar-refractivity contribution in [2.45, 2.75) is 44.3 Å². The molecule has 0 saturated heterocycles. The molecule has 3 aromatic rings. The first kappa shape index (κ1) is 28.2. The molecule has 0 aliphatic rings. The SMILES string of the molecule is CCN(CC)CCN(C(=O)Cc1ccc(S(=O)(=O)C(C)C)cc1)c1nc2c(F)cccc2s1.Cl. The number of fused-ring (bicyclic) bond motifs is 1. The zero-order valence-corrected chi connectivity index (χ0v) is 22.3. The van der Waals surface area contributed by atoms with Crippen molar-refractivity contribution in [2.24, 2.45) is 0 Å². The molecule has 1 amide bonds. The van der Waals surface area contributed by atoms with Crippen LogP contribution in [-0.4, -0.2) is 55.6 Å². The third kappa shape index (κ3) is 6.33. The largest absolute Gasteiger partial charge is 0.302 e. The maximum Gasteiger partial charge on any atom is 0.233 e. The van der Waals surface area contributed by atoms with Crippen LogP contribution in [0, 0.1) is 5.82 Å². The molecule has 0 N–H and O–H groups in total. The predicted octanol–water partition coefficient (Wildman–Crippen LogP) is 4.96. The van der Waals surface area contributed by atoms with Crippen molar-refractivity contribution in [3.05, 3.63) is 53.8 Å². The summed E-state index contributed by atoms with van der Waals surface area (Å²) < 4.78 is 39.6. The Labute approximate surface area is 211 Å². The number of hydrogen-bond donors (Lipinski definition) is 0. The Morgan fingerprint density at radius 3 is 2.26 bits per heavy atom. The van der Waals surface area contributed by atoms with Gasteiger partial charge in [-0.25, -0.2) is 17.8 Å². The van der Waals surface area contributed by atoms with Crippen molar-refractivity contribution in [3.8, 4) is 0 Å². The molecule has 0 saturated carbocycles. The van der Waals surface area contributed by atoms with E-state index in [0.29, 0.717) is 28.5 Å². The van der Waals surface area contributed by atoms with Crippen LogP contribution in [0.1, 0.15) is 33.3 Å². The minimum Gasteiger partial charge on any atom is -0.302 e. The minimum absolute atomic E-state index is 0. The van der Waals surface area contributed by atoms with Crippen LogP contribution in [0.15, 0.2) is 47.4 Å². The Morgan fingerprint density at radius 2 is 1.71 bits per heavy atom. The molecule has 1 heterocycles. The summed E-state index contributed by atoms with van der Waals surface area (Å²) >= 11 is 1.29. The number of likely N-dealkylation sites (N-methyl/N-ethyl adjacent to an activating group) is 1.